The van der Waals surface area contributed by atoms with Crippen LogP contribution in [0.3, 0.4) is 0 Å². The lowest BCUT2D eigenvalue weighted by Crippen LogP contribution is -2.45. The zero-order valence-electron chi connectivity index (χ0n) is 15.6. The van der Waals surface area contributed by atoms with E-state index in [1.807, 2.05) is 18.2 Å². The second-order valence-corrected chi connectivity index (χ2v) is 7.39. The first-order valence-corrected chi connectivity index (χ1v) is 9.82. The number of benzene rings is 1. The van der Waals surface area contributed by atoms with Gasteiger partial charge in [-0.15, -0.1) is 0 Å². The van der Waals surface area contributed by atoms with Crippen LogP contribution in [0.4, 0.5) is 5.82 Å². The number of carbonyl (C=O) groups is 2. The molecule has 1 aromatic heterocycles. The number of nitrogens with one attached hydrogen (secondary N) is 1. The van der Waals surface area contributed by atoms with E-state index >= 15 is 0 Å². The molecule has 2 aromatic rings. The third-order valence-corrected chi connectivity index (χ3v) is 5.01. The van der Waals surface area contributed by atoms with Gasteiger partial charge >= 0.3 is 0 Å². The van der Waals surface area contributed by atoms with Crippen molar-refractivity contribution in [3.05, 3.63) is 47.1 Å². The molecule has 148 valence electrons. The minimum absolute atomic E-state index is 0.0943. The van der Waals surface area contributed by atoms with Crippen molar-refractivity contribution in [3.8, 4) is 11.5 Å². The summed E-state index contributed by atoms with van der Waals surface area (Å²) >= 11 is 3.31. The Morgan fingerprint density at radius 2 is 2.04 bits per heavy atom. The molecule has 0 aliphatic carbocycles. The number of rotatable bonds is 6. The molecule has 7 nitrogen and oxygen atoms in total. The van der Waals surface area contributed by atoms with Crippen molar-refractivity contribution in [2.45, 2.75) is 12.8 Å². The van der Waals surface area contributed by atoms with Crippen molar-refractivity contribution in [1.29, 1.82) is 0 Å². The van der Waals surface area contributed by atoms with Crippen LogP contribution in [0.15, 0.2) is 47.1 Å². The van der Waals surface area contributed by atoms with E-state index in [1.54, 1.807) is 36.4 Å². The molecule has 1 unspecified atom stereocenters. The first-order chi connectivity index (χ1) is 13.6. The van der Waals surface area contributed by atoms with E-state index in [1.165, 1.54) is 0 Å². The van der Waals surface area contributed by atoms with Crippen molar-refractivity contribution in [3.63, 3.8) is 0 Å². The molecular formula is C20H22BrN3O4. The van der Waals surface area contributed by atoms with Gasteiger partial charge in [0.15, 0.2) is 18.1 Å². The fourth-order valence-electron chi connectivity index (χ4n) is 3.06. The number of likely N-dealkylation sites (tertiary alicyclic amines) is 1. The molecule has 1 aliphatic rings. The molecule has 0 saturated carbocycles. The van der Waals surface area contributed by atoms with Gasteiger partial charge in [0, 0.05) is 23.8 Å². The Labute approximate surface area is 172 Å². The minimum atomic E-state index is -0.269. The number of anilines is 1. The number of carbonyl (C=O) groups excluding carboxylic acids is 2. The van der Waals surface area contributed by atoms with E-state index in [0.29, 0.717) is 30.4 Å². The summed E-state index contributed by atoms with van der Waals surface area (Å²) in [5.74, 6) is 1.05. The Bertz CT molecular complexity index is 828. The molecule has 3 rings (SSSR count). The first kappa shape index (κ1) is 20.1. The predicted molar refractivity (Wildman–Crippen MR) is 108 cm³/mol. The molecule has 2 amide bonds. The monoisotopic (exact) mass is 447 g/mol. The summed E-state index contributed by atoms with van der Waals surface area (Å²) in [5, 5.41) is 2.81. The Hall–Kier alpha value is -2.61. The van der Waals surface area contributed by atoms with Gasteiger partial charge in [-0.05, 0) is 53.0 Å². The highest BCUT2D eigenvalue weighted by molar-refractivity contribution is 9.10. The maximum absolute atomic E-state index is 12.5. The van der Waals surface area contributed by atoms with Crippen LogP contribution in [0.2, 0.25) is 0 Å². The van der Waals surface area contributed by atoms with Gasteiger partial charge in [-0.2, -0.15) is 0 Å². The third-order valence-electron chi connectivity index (χ3n) is 4.54. The van der Waals surface area contributed by atoms with Crippen LogP contribution in [0.25, 0.3) is 0 Å². The number of amides is 2. The topological polar surface area (TPSA) is 80.8 Å². The average Bonchev–Trinajstić information content (AvgIpc) is 2.74. The fraction of sp³-hybridized carbons (Fsp3) is 0.350. The second kappa shape index (κ2) is 9.54. The summed E-state index contributed by atoms with van der Waals surface area (Å²) in [7, 11) is 1.55. The predicted octanol–water partition coefficient (Wildman–Crippen LogP) is 3.11. The van der Waals surface area contributed by atoms with Crippen LogP contribution in [0.5, 0.6) is 11.5 Å². The van der Waals surface area contributed by atoms with E-state index in [9.17, 15) is 9.59 Å². The SMILES string of the molecule is COc1ccccc1OCC(=O)N1CCCC(C(=O)Nc2ccc(Br)cn2)C1. The fourth-order valence-corrected chi connectivity index (χ4v) is 3.30. The van der Waals surface area contributed by atoms with Gasteiger partial charge in [-0.3, -0.25) is 9.59 Å². The van der Waals surface area contributed by atoms with Gasteiger partial charge in [0.05, 0.1) is 13.0 Å². The highest BCUT2D eigenvalue weighted by Gasteiger charge is 2.29. The van der Waals surface area contributed by atoms with Crippen LogP contribution in [0.1, 0.15) is 12.8 Å². The van der Waals surface area contributed by atoms with Crippen LogP contribution in [-0.2, 0) is 9.59 Å². The van der Waals surface area contributed by atoms with Crippen LogP contribution < -0.4 is 14.8 Å². The molecule has 1 fully saturated rings. The number of aromatic nitrogens is 1. The maximum atomic E-state index is 12.5. The number of piperidine rings is 1. The third kappa shape index (κ3) is 5.22. The number of hydrogen-bond donors (Lipinski definition) is 1. The van der Waals surface area contributed by atoms with E-state index in [4.69, 9.17) is 9.47 Å². The number of halogens is 1. The summed E-state index contributed by atoms with van der Waals surface area (Å²) in [4.78, 5) is 30.9. The summed E-state index contributed by atoms with van der Waals surface area (Å²) in [6, 6.07) is 10.7. The Morgan fingerprint density at radius 1 is 1.25 bits per heavy atom. The van der Waals surface area contributed by atoms with E-state index < -0.39 is 0 Å². The lowest BCUT2D eigenvalue weighted by atomic mass is 9.97. The van der Waals surface area contributed by atoms with Gasteiger partial charge in [0.1, 0.15) is 5.82 Å². The van der Waals surface area contributed by atoms with Crippen molar-refractivity contribution in [2.75, 3.05) is 32.1 Å². The standard InChI is InChI=1S/C20H22BrN3O4/c1-27-16-6-2-3-7-17(16)28-13-19(25)24-10-4-5-14(12-24)20(26)23-18-9-8-15(21)11-22-18/h2-3,6-9,11,14H,4-5,10,12-13H2,1H3,(H,22,23,26). The summed E-state index contributed by atoms with van der Waals surface area (Å²) in [6.07, 6.45) is 3.13. The smallest absolute Gasteiger partial charge is 0.260 e. The first-order valence-electron chi connectivity index (χ1n) is 9.03. The molecule has 1 aromatic carbocycles. The van der Waals surface area contributed by atoms with Crippen LogP contribution >= 0.6 is 15.9 Å². The average molecular weight is 448 g/mol. The summed E-state index contributed by atoms with van der Waals surface area (Å²) < 4.78 is 11.7. The summed E-state index contributed by atoms with van der Waals surface area (Å²) in [6.45, 7) is 0.897. The molecule has 1 N–H and O–H groups in total. The Morgan fingerprint density at radius 3 is 2.75 bits per heavy atom. The molecule has 1 saturated heterocycles. The maximum Gasteiger partial charge on any atom is 0.260 e. The highest BCUT2D eigenvalue weighted by atomic mass is 79.9. The molecule has 0 bridgehead atoms. The van der Waals surface area contributed by atoms with E-state index in [0.717, 1.165) is 17.3 Å². The number of ether oxygens (including phenoxy) is 2. The van der Waals surface area contributed by atoms with Crippen molar-refractivity contribution >= 4 is 33.6 Å². The van der Waals surface area contributed by atoms with Gasteiger partial charge in [0.25, 0.3) is 5.91 Å². The van der Waals surface area contributed by atoms with Gasteiger partial charge < -0.3 is 19.7 Å². The van der Waals surface area contributed by atoms with Gasteiger partial charge in [0.2, 0.25) is 5.91 Å². The molecular weight excluding hydrogens is 426 g/mol. The molecule has 0 radical (unpaired) electrons. The number of pyridine rings is 1. The molecule has 1 aliphatic heterocycles. The number of para-hydroxylation sites is 2. The van der Waals surface area contributed by atoms with Gasteiger partial charge in [-0.1, -0.05) is 12.1 Å². The highest BCUT2D eigenvalue weighted by Crippen LogP contribution is 2.26. The quantitative estimate of drug-likeness (QED) is 0.735. The van der Waals surface area contributed by atoms with Crippen LogP contribution in [0, 0.1) is 5.92 Å². The van der Waals surface area contributed by atoms with Crippen molar-refractivity contribution in [1.82, 2.24) is 9.88 Å². The largest absolute Gasteiger partial charge is 0.493 e. The lowest BCUT2D eigenvalue weighted by Gasteiger charge is -2.32. The lowest BCUT2D eigenvalue weighted by molar-refractivity contribution is -0.136. The Kier molecular flexibility index (Phi) is 6.86. The van der Waals surface area contributed by atoms with Crippen LogP contribution in [-0.4, -0.2) is 48.5 Å². The molecule has 8 heteroatoms. The zero-order valence-corrected chi connectivity index (χ0v) is 17.1. The molecule has 0 spiro atoms. The van der Waals surface area contributed by atoms with Crippen molar-refractivity contribution in [2.24, 2.45) is 5.92 Å². The zero-order chi connectivity index (χ0) is 19.9. The minimum Gasteiger partial charge on any atom is -0.493 e. The van der Waals surface area contributed by atoms with Gasteiger partial charge in [-0.25, -0.2) is 4.98 Å². The Balaban J connectivity index is 1.54. The molecule has 28 heavy (non-hydrogen) atoms. The van der Waals surface area contributed by atoms with E-state index in [2.05, 4.69) is 26.2 Å². The molecule has 2 heterocycles. The second-order valence-electron chi connectivity index (χ2n) is 6.47. The molecule has 1 atom stereocenters. The normalized spacial score (nSPS) is 16.4. The summed E-state index contributed by atoms with van der Waals surface area (Å²) in [5.41, 5.74) is 0. The number of nitrogens with zero attached hydrogens (tertiary/aromatic N) is 2. The van der Waals surface area contributed by atoms with E-state index in [-0.39, 0.29) is 24.3 Å². The van der Waals surface area contributed by atoms with Crippen molar-refractivity contribution < 1.29 is 19.1 Å². The number of methoxy groups -OCH3 is 1. The number of hydrogen-bond acceptors (Lipinski definition) is 5.